The van der Waals surface area contributed by atoms with Gasteiger partial charge in [-0.25, -0.2) is 4.98 Å². The van der Waals surface area contributed by atoms with Crippen molar-refractivity contribution in [1.82, 2.24) is 4.98 Å². The van der Waals surface area contributed by atoms with Crippen LogP contribution in [0.1, 0.15) is 0 Å². The summed E-state index contributed by atoms with van der Waals surface area (Å²) in [5, 5.41) is 0.342. The molecule has 0 aliphatic rings. The first-order chi connectivity index (χ1) is 9.26. The minimum Gasteiger partial charge on any atom is -0.406 e. The van der Waals surface area contributed by atoms with Crippen LogP contribution in [0.2, 0.25) is 10.0 Å². The van der Waals surface area contributed by atoms with E-state index in [1.807, 2.05) is 0 Å². The predicted molar refractivity (Wildman–Crippen MR) is 70.8 cm³/mol. The van der Waals surface area contributed by atoms with Crippen molar-refractivity contribution in [2.75, 3.05) is 5.73 Å². The molecule has 1 aromatic heterocycles. The lowest BCUT2D eigenvalue weighted by molar-refractivity contribution is -0.274. The normalized spacial score (nSPS) is 11.4. The van der Waals surface area contributed by atoms with Crippen molar-refractivity contribution < 1.29 is 17.9 Å². The fraction of sp³-hybridized carbons (Fsp3) is 0.0833. The van der Waals surface area contributed by atoms with Crippen LogP contribution < -0.4 is 10.5 Å². The Kier molecular flexibility index (Phi) is 3.96. The minimum atomic E-state index is -4.77. The third kappa shape index (κ3) is 3.46. The molecule has 0 saturated heterocycles. The van der Waals surface area contributed by atoms with Gasteiger partial charge in [0.15, 0.2) is 0 Å². The average Bonchev–Trinajstić information content (AvgIpc) is 2.32. The number of anilines is 1. The second kappa shape index (κ2) is 5.38. The smallest absolute Gasteiger partial charge is 0.406 e. The summed E-state index contributed by atoms with van der Waals surface area (Å²) in [4.78, 5) is 3.96. The van der Waals surface area contributed by atoms with Gasteiger partial charge in [-0.1, -0.05) is 35.3 Å². The van der Waals surface area contributed by atoms with Gasteiger partial charge in [0.25, 0.3) is 0 Å². The van der Waals surface area contributed by atoms with E-state index in [9.17, 15) is 13.2 Å². The maximum absolute atomic E-state index is 12.2. The highest BCUT2D eigenvalue weighted by Crippen LogP contribution is 2.33. The van der Waals surface area contributed by atoms with E-state index in [-0.39, 0.29) is 27.3 Å². The van der Waals surface area contributed by atoms with Crippen LogP contribution in [-0.2, 0) is 0 Å². The lowest BCUT2D eigenvalue weighted by Crippen LogP contribution is -2.17. The molecule has 1 heterocycles. The van der Waals surface area contributed by atoms with E-state index < -0.39 is 6.36 Å². The van der Waals surface area contributed by atoms with E-state index in [0.29, 0.717) is 5.56 Å². The fourth-order valence-electron chi connectivity index (χ4n) is 1.52. The largest absolute Gasteiger partial charge is 0.573 e. The number of benzene rings is 1. The van der Waals surface area contributed by atoms with E-state index in [1.165, 1.54) is 24.3 Å². The molecular formula is C12H7Cl2F3N2O. The van der Waals surface area contributed by atoms with Crippen molar-refractivity contribution in [3.8, 4) is 17.0 Å². The van der Waals surface area contributed by atoms with Gasteiger partial charge in [0.1, 0.15) is 11.6 Å². The number of aromatic nitrogens is 1. The Labute approximate surface area is 122 Å². The molecule has 106 valence electrons. The maximum atomic E-state index is 12.2. The van der Waals surface area contributed by atoms with Crippen LogP contribution in [-0.4, -0.2) is 11.3 Å². The molecule has 2 rings (SSSR count). The molecule has 0 amide bonds. The number of nitrogens with zero attached hydrogens (tertiary/aromatic N) is 1. The van der Waals surface area contributed by atoms with Crippen LogP contribution in [0.15, 0.2) is 30.3 Å². The fourth-order valence-corrected chi connectivity index (χ4v) is 1.99. The maximum Gasteiger partial charge on any atom is 0.573 e. The summed E-state index contributed by atoms with van der Waals surface area (Å²) in [7, 11) is 0. The van der Waals surface area contributed by atoms with Crippen molar-refractivity contribution in [3.63, 3.8) is 0 Å². The molecule has 8 heteroatoms. The van der Waals surface area contributed by atoms with Crippen LogP contribution in [0.25, 0.3) is 11.3 Å². The number of nitrogens with two attached hydrogens (primary N) is 1. The van der Waals surface area contributed by atoms with E-state index in [0.717, 1.165) is 6.07 Å². The zero-order valence-corrected chi connectivity index (χ0v) is 11.2. The van der Waals surface area contributed by atoms with Gasteiger partial charge in [0, 0.05) is 5.56 Å². The number of pyridine rings is 1. The van der Waals surface area contributed by atoms with Gasteiger partial charge >= 0.3 is 6.36 Å². The van der Waals surface area contributed by atoms with Gasteiger partial charge in [-0.05, 0) is 18.2 Å². The van der Waals surface area contributed by atoms with Crippen LogP contribution in [0.5, 0.6) is 5.75 Å². The SMILES string of the molecule is Nc1nc(-c2cccc(OC(F)(F)F)c2)c(Cl)cc1Cl. The van der Waals surface area contributed by atoms with Crippen LogP contribution in [0.4, 0.5) is 19.0 Å². The van der Waals surface area contributed by atoms with Crippen molar-refractivity contribution in [2.45, 2.75) is 6.36 Å². The first-order valence-corrected chi connectivity index (χ1v) is 5.99. The van der Waals surface area contributed by atoms with Gasteiger partial charge in [-0.15, -0.1) is 13.2 Å². The zero-order valence-electron chi connectivity index (χ0n) is 9.71. The predicted octanol–water partition coefficient (Wildman–Crippen LogP) is 4.54. The Morgan fingerprint density at radius 1 is 1.10 bits per heavy atom. The van der Waals surface area contributed by atoms with Crippen LogP contribution in [0, 0.1) is 0 Å². The summed E-state index contributed by atoms with van der Waals surface area (Å²) in [6, 6.07) is 6.63. The summed E-state index contributed by atoms with van der Waals surface area (Å²) in [6.07, 6.45) is -4.77. The minimum absolute atomic E-state index is 0.0354. The Morgan fingerprint density at radius 3 is 2.45 bits per heavy atom. The molecule has 0 bridgehead atoms. The van der Waals surface area contributed by atoms with E-state index in [4.69, 9.17) is 28.9 Å². The van der Waals surface area contributed by atoms with E-state index >= 15 is 0 Å². The second-order valence-corrected chi connectivity index (χ2v) is 4.58. The monoisotopic (exact) mass is 322 g/mol. The molecule has 2 N–H and O–H groups in total. The van der Waals surface area contributed by atoms with Gasteiger partial charge in [-0.3, -0.25) is 0 Å². The number of hydrogen-bond acceptors (Lipinski definition) is 3. The van der Waals surface area contributed by atoms with Crippen LogP contribution in [0.3, 0.4) is 0 Å². The van der Waals surface area contributed by atoms with Crippen LogP contribution >= 0.6 is 23.2 Å². The van der Waals surface area contributed by atoms with Gasteiger partial charge < -0.3 is 10.5 Å². The highest BCUT2D eigenvalue weighted by molar-refractivity contribution is 6.37. The standard InChI is InChI=1S/C12H7Cl2F3N2O/c13-8-5-9(14)11(18)19-10(8)6-2-1-3-7(4-6)20-12(15,16)17/h1-5H,(H2,18,19). The molecule has 2 aromatic rings. The summed E-state index contributed by atoms with van der Waals surface area (Å²) in [6.45, 7) is 0. The van der Waals surface area contributed by atoms with Gasteiger partial charge in [0.05, 0.1) is 15.7 Å². The lowest BCUT2D eigenvalue weighted by Gasteiger charge is -2.11. The Bertz CT molecular complexity index is 647. The second-order valence-electron chi connectivity index (χ2n) is 3.76. The van der Waals surface area contributed by atoms with E-state index in [1.54, 1.807) is 0 Å². The summed E-state index contributed by atoms with van der Waals surface area (Å²) < 4.78 is 40.3. The highest BCUT2D eigenvalue weighted by atomic mass is 35.5. The number of rotatable bonds is 2. The van der Waals surface area contributed by atoms with Crippen molar-refractivity contribution in [1.29, 1.82) is 0 Å². The molecule has 0 fully saturated rings. The molecule has 0 saturated carbocycles. The molecule has 0 aliphatic heterocycles. The lowest BCUT2D eigenvalue weighted by atomic mass is 10.1. The number of ether oxygens (including phenoxy) is 1. The van der Waals surface area contributed by atoms with Gasteiger partial charge in [0.2, 0.25) is 0 Å². The first kappa shape index (κ1) is 14.7. The molecular weight excluding hydrogens is 316 g/mol. The van der Waals surface area contributed by atoms with Gasteiger partial charge in [-0.2, -0.15) is 0 Å². The Balaban J connectivity index is 2.44. The first-order valence-electron chi connectivity index (χ1n) is 5.24. The number of halogens is 5. The molecule has 0 aliphatic carbocycles. The topological polar surface area (TPSA) is 48.1 Å². The summed E-state index contributed by atoms with van der Waals surface area (Å²) >= 11 is 11.7. The highest BCUT2D eigenvalue weighted by Gasteiger charge is 2.31. The Morgan fingerprint density at radius 2 is 1.80 bits per heavy atom. The molecule has 1 aromatic carbocycles. The van der Waals surface area contributed by atoms with E-state index in [2.05, 4.69) is 9.72 Å². The molecule has 0 atom stereocenters. The molecule has 0 radical (unpaired) electrons. The van der Waals surface area contributed by atoms with Crippen molar-refractivity contribution in [3.05, 3.63) is 40.4 Å². The number of nitrogen functional groups attached to an aromatic ring is 1. The molecule has 3 nitrogen and oxygen atoms in total. The number of hydrogen-bond donors (Lipinski definition) is 1. The summed E-state index contributed by atoms with van der Waals surface area (Å²) in [5.74, 6) is -0.338. The van der Waals surface area contributed by atoms with Crippen molar-refractivity contribution >= 4 is 29.0 Å². The van der Waals surface area contributed by atoms with Crippen molar-refractivity contribution in [2.24, 2.45) is 0 Å². The average molecular weight is 323 g/mol. The molecule has 0 unspecified atom stereocenters. The third-order valence-electron chi connectivity index (χ3n) is 2.30. The molecule has 0 spiro atoms. The number of alkyl halides is 3. The third-order valence-corrected chi connectivity index (χ3v) is 2.89. The molecule has 20 heavy (non-hydrogen) atoms. The summed E-state index contributed by atoms with van der Waals surface area (Å²) in [5.41, 5.74) is 6.11. The quantitative estimate of drug-likeness (QED) is 0.883. The Hall–Kier alpha value is -1.66. The zero-order chi connectivity index (χ0) is 14.9.